The van der Waals surface area contributed by atoms with E-state index < -0.39 is 12.0 Å². The number of hydrogen-bond donors (Lipinski definition) is 2. The highest BCUT2D eigenvalue weighted by atomic mass is 32.1. The van der Waals surface area contributed by atoms with Crippen LogP contribution in [0.5, 0.6) is 0 Å². The number of nitrogens with zero attached hydrogens (tertiary/aromatic N) is 2. The summed E-state index contributed by atoms with van der Waals surface area (Å²) in [5, 5.41) is 14.7. The molecule has 0 unspecified atom stereocenters. The molecule has 0 spiro atoms. The van der Waals surface area contributed by atoms with E-state index in [9.17, 15) is 14.7 Å². The van der Waals surface area contributed by atoms with Gasteiger partial charge >= 0.3 is 5.97 Å². The molecule has 35 heavy (non-hydrogen) atoms. The molecule has 1 aromatic carbocycles. The molecule has 1 fully saturated rings. The van der Waals surface area contributed by atoms with Crippen LogP contribution in [0.25, 0.3) is 11.0 Å². The fraction of sp³-hybridized carbons (Fsp3) is 0.536. The van der Waals surface area contributed by atoms with Crippen molar-refractivity contribution >= 4 is 34.2 Å². The third-order valence-electron chi connectivity index (χ3n) is 7.39. The van der Waals surface area contributed by atoms with Crippen molar-refractivity contribution in [2.24, 2.45) is 5.92 Å². The van der Waals surface area contributed by atoms with Gasteiger partial charge in [-0.2, -0.15) is 0 Å². The van der Waals surface area contributed by atoms with Crippen LogP contribution in [0, 0.1) is 5.92 Å². The Bertz CT molecular complexity index is 1130. The van der Waals surface area contributed by atoms with E-state index in [2.05, 4.69) is 41.2 Å². The number of carbonyl (C=O) groups excluding carboxylic acids is 1. The molecule has 0 radical (unpaired) electrons. The van der Waals surface area contributed by atoms with E-state index in [4.69, 9.17) is 4.98 Å². The van der Waals surface area contributed by atoms with E-state index in [-0.39, 0.29) is 5.91 Å². The highest BCUT2D eigenvalue weighted by molar-refractivity contribution is 7.09. The third-order valence-corrected chi connectivity index (χ3v) is 8.27. The van der Waals surface area contributed by atoms with Crippen LogP contribution in [-0.2, 0) is 11.2 Å². The van der Waals surface area contributed by atoms with Gasteiger partial charge in [0.1, 0.15) is 11.9 Å². The van der Waals surface area contributed by atoms with Gasteiger partial charge in [0, 0.05) is 22.9 Å². The van der Waals surface area contributed by atoms with Gasteiger partial charge in [-0.15, -0.1) is 11.3 Å². The summed E-state index contributed by atoms with van der Waals surface area (Å²) in [6, 6.07) is 9.24. The Morgan fingerprint density at radius 2 is 1.89 bits per heavy atom. The van der Waals surface area contributed by atoms with Gasteiger partial charge in [0.25, 0.3) is 5.91 Å². The number of carboxylic acid groups (broad SMARTS) is 1. The number of hydrogen-bond acceptors (Lipinski definition) is 4. The molecule has 1 amide bonds. The molecule has 2 heterocycles. The highest BCUT2D eigenvalue weighted by Gasteiger charge is 2.26. The maximum absolute atomic E-state index is 13.1. The second-order valence-corrected chi connectivity index (χ2v) is 10.8. The number of rotatable bonds is 10. The number of amides is 1. The number of benzene rings is 1. The largest absolute Gasteiger partial charge is 0.480 e. The number of thiophene rings is 1. The quantitative estimate of drug-likeness (QED) is 0.311. The number of aromatic nitrogens is 2. The van der Waals surface area contributed by atoms with Crippen LogP contribution in [-0.4, -0.2) is 32.6 Å². The number of nitrogens with one attached hydrogen (secondary N) is 1. The monoisotopic (exact) mass is 495 g/mol. The summed E-state index contributed by atoms with van der Waals surface area (Å²) in [4.78, 5) is 31.2. The average Bonchev–Trinajstić information content (AvgIpc) is 3.40. The van der Waals surface area contributed by atoms with E-state index >= 15 is 0 Å². The zero-order chi connectivity index (χ0) is 24.8. The molecular weight excluding hydrogens is 458 g/mol. The van der Waals surface area contributed by atoms with Crippen molar-refractivity contribution in [2.45, 2.75) is 90.1 Å². The summed E-state index contributed by atoms with van der Waals surface area (Å²) in [5.41, 5.74) is 2.27. The van der Waals surface area contributed by atoms with Gasteiger partial charge in [0.05, 0.1) is 11.0 Å². The molecule has 1 aliphatic carbocycles. The number of imidazole rings is 1. The molecule has 3 aromatic rings. The number of aliphatic carboxylic acids is 1. The Kier molecular flexibility index (Phi) is 8.60. The van der Waals surface area contributed by atoms with Gasteiger partial charge in [0.15, 0.2) is 0 Å². The van der Waals surface area contributed by atoms with Crippen LogP contribution in [0.2, 0.25) is 0 Å². The minimum Gasteiger partial charge on any atom is -0.480 e. The predicted octanol–water partition coefficient (Wildman–Crippen LogP) is 6.59. The molecule has 188 valence electrons. The lowest BCUT2D eigenvalue weighted by Gasteiger charge is -2.21. The Labute approximate surface area is 211 Å². The van der Waals surface area contributed by atoms with Crippen LogP contribution in [0.15, 0.2) is 35.7 Å². The molecule has 1 saturated carbocycles. The van der Waals surface area contributed by atoms with Gasteiger partial charge in [0.2, 0.25) is 0 Å². The van der Waals surface area contributed by atoms with Crippen molar-refractivity contribution in [2.75, 3.05) is 0 Å². The molecule has 2 aromatic heterocycles. The van der Waals surface area contributed by atoms with Gasteiger partial charge in [-0.1, -0.05) is 58.4 Å². The molecule has 0 bridgehead atoms. The molecule has 2 N–H and O–H groups in total. The molecule has 6 nitrogen and oxygen atoms in total. The minimum atomic E-state index is -0.958. The lowest BCUT2D eigenvalue weighted by molar-refractivity contribution is -0.139. The SMILES string of the molecule is CCC(CC)n1c(Cc2cccs2)nc2cc(C(=O)N[C@H](CC3CCCCCC3)C(=O)O)ccc21. The fourth-order valence-electron chi connectivity index (χ4n) is 5.44. The highest BCUT2D eigenvalue weighted by Crippen LogP contribution is 2.29. The first-order valence-electron chi connectivity index (χ1n) is 13.1. The van der Waals surface area contributed by atoms with Crippen molar-refractivity contribution in [1.82, 2.24) is 14.9 Å². The third kappa shape index (κ3) is 6.13. The molecule has 4 rings (SSSR count). The molecule has 0 saturated heterocycles. The summed E-state index contributed by atoms with van der Waals surface area (Å²) < 4.78 is 2.32. The Morgan fingerprint density at radius 3 is 2.51 bits per heavy atom. The van der Waals surface area contributed by atoms with Gasteiger partial charge in [-0.25, -0.2) is 9.78 Å². The normalized spacial score (nSPS) is 15.9. The second-order valence-electron chi connectivity index (χ2n) is 9.79. The van der Waals surface area contributed by atoms with Crippen molar-refractivity contribution in [3.05, 3.63) is 52.0 Å². The zero-order valence-corrected chi connectivity index (χ0v) is 21.7. The summed E-state index contributed by atoms with van der Waals surface area (Å²) in [5.74, 6) is 0.0622. The molecule has 0 aliphatic heterocycles. The van der Waals surface area contributed by atoms with Crippen LogP contribution >= 0.6 is 11.3 Å². The maximum Gasteiger partial charge on any atom is 0.326 e. The Hall–Kier alpha value is -2.67. The number of fused-ring (bicyclic) bond motifs is 1. The number of carbonyl (C=O) groups is 2. The van der Waals surface area contributed by atoms with E-state index in [1.807, 2.05) is 12.1 Å². The summed E-state index contributed by atoms with van der Waals surface area (Å²) in [6.45, 7) is 4.38. The van der Waals surface area contributed by atoms with Gasteiger partial charge in [-0.05, 0) is 54.8 Å². The zero-order valence-electron chi connectivity index (χ0n) is 20.8. The standard InChI is InChI=1S/C28H37N3O3S/c1-3-21(4-2)31-25-14-13-20(17-23(25)29-26(31)18-22-12-9-15-35-22)27(32)30-24(28(33)34)16-19-10-7-5-6-8-11-19/h9,12-15,17,19,21,24H,3-8,10-11,16,18H2,1-2H3,(H,30,32)(H,33,34)/t24-/m1/s1. The molecular formula is C28H37N3O3S. The first-order valence-corrected chi connectivity index (χ1v) is 13.9. The van der Waals surface area contributed by atoms with Crippen molar-refractivity contribution in [3.63, 3.8) is 0 Å². The van der Waals surface area contributed by atoms with Crippen LogP contribution in [0.1, 0.15) is 98.7 Å². The van der Waals surface area contributed by atoms with Crippen LogP contribution in [0.3, 0.4) is 0 Å². The van der Waals surface area contributed by atoms with Crippen molar-refractivity contribution in [1.29, 1.82) is 0 Å². The first kappa shape index (κ1) is 25.4. The molecule has 7 heteroatoms. The van der Waals surface area contributed by atoms with Crippen LogP contribution < -0.4 is 5.32 Å². The van der Waals surface area contributed by atoms with Crippen molar-refractivity contribution < 1.29 is 14.7 Å². The molecule has 1 atom stereocenters. The van der Waals surface area contributed by atoms with E-state index in [1.54, 1.807) is 17.4 Å². The second kappa shape index (κ2) is 11.8. The molecule has 1 aliphatic rings. The Morgan fingerprint density at radius 1 is 1.14 bits per heavy atom. The predicted molar refractivity (Wildman–Crippen MR) is 141 cm³/mol. The fourth-order valence-corrected chi connectivity index (χ4v) is 6.14. The summed E-state index contributed by atoms with van der Waals surface area (Å²) >= 11 is 1.72. The van der Waals surface area contributed by atoms with Gasteiger partial charge in [-0.3, -0.25) is 4.79 Å². The van der Waals surface area contributed by atoms with E-state index in [1.165, 1.54) is 17.7 Å². The Balaban J connectivity index is 1.57. The lowest BCUT2D eigenvalue weighted by Crippen LogP contribution is -2.42. The van der Waals surface area contributed by atoms with Gasteiger partial charge < -0.3 is 15.0 Å². The van der Waals surface area contributed by atoms with E-state index in [0.717, 1.165) is 61.8 Å². The summed E-state index contributed by atoms with van der Waals surface area (Å²) in [7, 11) is 0. The average molecular weight is 496 g/mol. The van der Waals surface area contributed by atoms with Crippen molar-refractivity contribution in [3.8, 4) is 0 Å². The topological polar surface area (TPSA) is 84.2 Å². The smallest absolute Gasteiger partial charge is 0.326 e. The maximum atomic E-state index is 13.1. The number of carboxylic acids is 1. The summed E-state index contributed by atoms with van der Waals surface area (Å²) in [6.07, 6.45) is 10.1. The van der Waals surface area contributed by atoms with Crippen LogP contribution in [0.4, 0.5) is 0 Å². The van der Waals surface area contributed by atoms with E-state index in [0.29, 0.717) is 23.9 Å². The first-order chi connectivity index (χ1) is 17.0. The lowest BCUT2D eigenvalue weighted by atomic mass is 9.92. The minimum absolute atomic E-state index is 0.339.